The molecule has 0 aliphatic carbocycles. The fraction of sp³-hybridized carbons (Fsp3) is 0.429. The molecule has 0 aromatic heterocycles. The molecule has 1 rings (SSSR count). The van der Waals surface area contributed by atoms with Crippen LogP contribution in [0.4, 0.5) is 0 Å². The smallest absolute Gasteiger partial charge is 0.0163 e. The molecule has 1 aromatic rings. The van der Waals surface area contributed by atoms with Crippen molar-refractivity contribution in [2.24, 2.45) is 0 Å². The van der Waals surface area contributed by atoms with Gasteiger partial charge in [0.05, 0.1) is 0 Å². The molecular weight excluding hydrogens is 262 g/mol. The molecule has 0 saturated carbocycles. The van der Waals surface area contributed by atoms with E-state index >= 15 is 0 Å². The zero-order valence-corrected chi connectivity index (χ0v) is 11.7. The van der Waals surface area contributed by atoms with Crippen LogP contribution in [0, 0.1) is 0 Å². The van der Waals surface area contributed by atoms with Crippen LogP contribution >= 0.6 is 15.9 Å². The Morgan fingerprint density at radius 1 is 1.25 bits per heavy atom. The van der Waals surface area contributed by atoms with Crippen molar-refractivity contribution in [1.82, 2.24) is 4.90 Å². The lowest BCUT2D eigenvalue weighted by molar-refractivity contribution is 0.456. The number of hydrogen-bond acceptors (Lipinski definition) is 1. The molecule has 0 fully saturated rings. The average molecular weight is 282 g/mol. The number of alkyl halides is 1. The van der Waals surface area contributed by atoms with Crippen molar-refractivity contribution in [3.05, 3.63) is 42.0 Å². The van der Waals surface area contributed by atoms with Gasteiger partial charge in [0.2, 0.25) is 0 Å². The van der Waals surface area contributed by atoms with Crippen LogP contribution in [0.25, 0.3) is 5.57 Å². The van der Waals surface area contributed by atoms with Crippen LogP contribution < -0.4 is 0 Å². The largest absolute Gasteiger partial charge is 0.306 e. The molecule has 0 aliphatic rings. The Morgan fingerprint density at radius 2 is 1.94 bits per heavy atom. The molecule has 2 heteroatoms. The van der Waals surface area contributed by atoms with Gasteiger partial charge in [-0.05, 0) is 38.1 Å². The summed E-state index contributed by atoms with van der Waals surface area (Å²) in [4.78, 5) is 2.19. The Hall–Kier alpha value is -0.600. The van der Waals surface area contributed by atoms with Crippen molar-refractivity contribution >= 4 is 21.5 Å². The van der Waals surface area contributed by atoms with Crippen LogP contribution in [0.5, 0.6) is 0 Å². The summed E-state index contributed by atoms with van der Waals surface area (Å²) in [6, 6.07) is 10.7. The number of benzene rings is 1. The average Bonchev–Trinajstić information content (AvgIpc) is 2.30. The van der Waals surface area contributed by atoms with Gasteiger partial charge in [0.1, 0.15) is 0 Å². The fourth-order valence-corrected chi connectivity index (χ4v) is 1.85. The van der Waals surface area contributed by atoms with Gasteiger partial charge in [-0.1, -0.05) is 52.3 Å². The molecule has 0 heterocycles. The van der Waals surface area contributed by atoms with E-state index in [1.807, 2.05) is 0 Å². The summed E-state index contributed by atoms with van der Waals surface area (Å²) in [5, 5.41) is 1.07. The number of hydrogen-bond donors (Lipinski definition) is 0. The van der Waals surface area contributed by atoms with Crippen molar-refractivity contribution < 1.29 is 0 Å². The zero-order valence-electron chi connectivity index (χ0n) is 10.1. The third-order valence-electron chi connectivity index (χ3n) is 2.43. The predicted molar refractivity (Wildman–Crippen MR) is 76.0 cm³/mol. The van der Waals surface area contributed by atoms with E-state index in [1.165, 1.54) is 17.6 Å². The molecule has 0 amide bonds. The van der Waals surface area contributed by atoms with Gasteiger partial charge >= 0.3 is 0 Å². The van der Waals surface area contributed by atoms with Gasteiger partial charge in [-0.15, -0.1) is 0 Å². The highest BCUT2D eigenvalue weighted by atomic mass is 79.9. The Morgan fingerprint density at radius 3 is 2.50 bits per heavy atom. The highest BCUT2D eigenvalue weighted by Crippen LogP contribution is 2.20. The molecule has 1 nitrogen and oxygen atoms in total. The van der Waals surface area contributed by atoms with Gasteiger partial charge in [-0.3, -0.25) is 0 Å². The van der Waals surface area contributed by atoms with Crippen LogP contribution in [0.1, 0.15) is 18.4 Å². The summed E-state index contributed by atoms with van der Waals surface area (Å²) >= 11 is 3.49. The molecule has 0 bridgehead atoms. The molecule has 0 spiro atoms. The summed E-state index contributed by atoms with van der Waals surface area (Å²) in [7, 11) is 4.20. The minimum Gasteiger partial charge on any atom is -0.306 e. The maximum absolute atomic E-state index is 3.49. The Balaban J connectivity index is 2.75. The lowest BCUT2D eigenvalue weighted by Crippen LogP contribution is -2.11. The summed E-state index contributed by atoms with van der Waals surface area (Å²) in [6.45, 7) is 1.01. The van der Waals surface area contributed by atoms with E-state index < -0.39 is 0 Å². The highest BCUT2D eigenvalue weighted by molar-refractivity contribution is 9.09. The van der Waals surface area contributed by atoms with Crippen molar-refractivity contribution in [2.75, 3.05) is 26.0 Å². The number of likely N-dealkylation sites (N-methyl/N-ethyl adjacent to an activating group) is 1. The maximum Gasteiger partial charge on any atom is 0.0163 e. The van der Waals surface area contributed by atoms with Crippen molar-refractivity contribution in [1.29, 1.82) is 0 Å². The molecule has 88 valence electrons. The fourth-order valence-electron chi connectivity index (χ4n) is 1.57. The Kier molecular flexibility index (Phi) is 6.43. The minimum absolute atomic E-state index is 1.01. The number of halogens is 1. The summed E-state index contributed by atoms with van der Waals surface area (Å²) in [6.07, 6.45) is 4.66. The number of nitrogens with zero attached hydrogens (tertiary/aromatic N) is 1. The Bertz CT molecular complexity index is 317. The zero-order chi connectivity index (χ0) is 11.8. The standard InChI is InChI=1S/C14H20BrN/c1-16(2)12-10-14(9-6-11-15)13-7-4-3-5-8-13/h3-5,7-8,10H,6,9,11-12H2,1-2H3. The highest BCUT2D eigenvalue weighted by Gasteiger charge is 2.00. The molecule has 16 heavy (non-hydrogen) atoms. The molecule has 0 aliphatic heterocycles. The van der Waals surface area contributed by atoms with Gasteiger partial charge in [0, 0.05) is 11.9 Å². The molecule has 0 atom stereocenters. The molecule has 0 N–H and O–H groups in total. The quantitative estimate of drug-likeness (QED) is 0.717. The number of allylic oxidation sites excluding steroid dienone is 1. The monoisotopic (exact) mass is 281 g/mol. The van der Waals surface area contributed by atoms with E-state index in [-0.39, 0.29) is 0 Å². The molecule has 0 unspecified atom stereocenters. The second-order valence-electron chi connectivity index (χ2n) is 4.15. The topological polar surface area (TPSA) is 3.24 Å². The van der Waals surface area contributed by atoms with E-state index in [9.17, 15) is 0 Å². The first-order chi connectivity index (χ1) is 7.74. The van der Waals surface area contributed by atoms with Gasteiger partial charge < -0.3 is 4.90 Å². The van der Waals surface area contributed by atoms with Crippen LogP contribution in [-0.2, 0) is 0 Å². The maximum atomic E-state index is 3.49. The Labute approximate surface area is 107 Å². The van der Waals surface area contributed by atoms with Crippen molar-refractivity contribution in [3.63, 3.8) is 0 Å². The second kappa shape index (κ2) is 7.64. The van der Waals surface area contributed by atoms with Crippen molar-refractivity contribution in [2.45, 2.75) is 12.8 Å². The second-order valence-corrected chi connectivity index (χ2v) is 4.94. The van der Waals surface area contributed by atoms with E-state index in [2.05, 4.69) is 71.3 Å². The number of rotatable bonds is 6. The van der Waals surface area contributed by atoms with E-state index in [0.717, 1.165) is 18.3 Å². The normalized spacial score (nSPS) is 12.1. The molecule has 0 saturated heterocycles. The third-order valence-corrected chi connectivity index (χ3v) is 2.99. The molecule has 0 radical (unpaired) electrons. The minimum atomic E-state index is 1.01. The summed E-state index contributed by atoms with van der Waals surface area (Å²) in [5.41, 5.74) is 2.80. The van der Waals surface area contributed by atoms with E-state index in [4.69, 9.17) is 0 Å². The predicted octanol–water partition coefficient (Wildman–Crippen LogP) is 3.81. The summed E-state index contributed by atoms with van der Waals surface area (Å²) < 4.78 is 0. The van der Waals surface area contributed by atoms with Crippen molar-refractivity contribution in [3.8, 4) is 0 Å². The van der Waals surface area contributed by atoms with Crippen LogP contribution in [0.2, 0.25) is 0 Å². The molecule has 1 aromatic carbocycles. The SMILES string of the molecule is CN(C)CC=C(CCCBr)c1ccccc1. The van der Waals surface area contributed by atoms with Gasteiger partial charge in [0.25, 0.3) is 0 Å². The first-order valence-electron chi connectivity index (χ1n) is 5.69. The van der Waals surface area contributed by atoms with E-state index in [1.54, 1.807) is 0 Å². The van der Waals surface area contributed by atoms with Gasteiger partial charge in [-0.25, -0.2) is 0 Å². The lowest BCUT2D eigenvalue weighted by Gasteiger charge is -2.10. The first-order valence-corrected chi connectivity index (χ1v) is 6.81. The van der Waals surface area contributed by atoms with Crippen LogP contribution in [0.15, 0.2) is 36.4 Å². The van der Waals surface area contributed by atoms with E-state index in [0.29, 0.717) is 0 Å². The van der Waals surface area contributed by atoms with Crippen LogP contribution in [-0.4, -0.2) is 30.9 Å². The molecular formula is C14H20BrN. The van der Waals surface area contributed by atoms with Gasteiger partial charge in [-0.2, -0.15) is 0 Å². The first kappa shape index (κ1) is 13.5. The van der Waals surface area contributed by atoms with Gasteiger partial charge in [0.15, 0.2) is 0 Å². The van der Waals surface area contributed by atoms with Crippen LogP contribution in [0.3, 0.4) is 0 Å². The third kappa shape index (κ3) is 4.95. The lowest BCUT2D eigenvalue weighted by atomic mass is 10.0. The summed E-state index contributed by atoms with van der Waals surface area (Å²) in [5.74, 6) is 0.